The molecule has 0 spiro atoms. The van der Waals surface area contributed by atoms with E-state index >= 15 is 0 Å². The summed E-state index contributed by atoms with van der Waals surface area (Å²) in [4.78, 5) is 20.6. The van der Waals surface area contributed by atoms with E-state index in [-0.39, 0.29) is 11.7 Å². The van der Waals surface area contributed by atoms with E-state index in [4.69, 9.17) is 0 Å². The maximum Gasteiger partial charge on any atom is 0.227 e. The molecule has 1 amide bonds. The quantitative estimate of drug-likeness (QED) is 0.709. The molecule has 2 fully saturated rings. The summed E-state index contributed by atoms with van der Waals surface area (Å²) in [6.07, 6.45) is 9.68. The Hall–Kier alpha value is -2.74. The standard InChI is InChI=1S/C19H21FN6O/c20-14-3-4-18-22-15(11-24(18)9-14)10-23-7-5-16(12-23)26-13-17(8-21-26)25-6-1-2-19(25)27/h3-4,8-9,11,13,16H,1-2,5-7,10,12H2. The predicted molar refractivity (Wildman–Crippen MR) is 97.9 cm³/mol. The van der Waals surface area contributed by atoms with Crippen molar-refractivity contribution in [2.75, 3.05) is 24.5 Å². The normalized spacial score (nSPS) is 21.0. The van der Waals surface area contributed by atoms with Crippen molar-refractivity contribution in [3.63, 3.8) is 0 Å². The predicted octanol–water partition coefficient (Wildman–Crippen LogP) is 2.24. The number of fused-ring (bicyclic) bond motifs is 1. The van der Waals surface area contributed by atoms with Gasteiger partial charge in [-0.3, -0.25) is 14.4 Å². The minimum atomic E-state index is -0.265. The molecule has 7 nitrogen and oxygen atoms in total. The molecule has 2 aliphatic heterocycles. The van der Waals surface area contributed by atoms with Crippen molar-refractivity contribution in [3.8, 4) is 0 Å². The first-order valence-electron chi connectivity index (χ1n) is 9.36. The molecule has 3 aromatic rings. The average Bonchev–Trinajstić information content (AvgIpc) is 3.40. The molecule has 5 rings (SSSR count). The van der Waals surface area contributed by atoms with Crippen LogP contribution in [0.4, 0.5) is 10.1 Å². The number of carbonyl (C=O) groups is 1. The van der Waals surface area contributed by atoms with E-state index in [9.17, 15) is 9.18 Å². The second kappa shape index (κ2) is 6.45. The Morgan fingerprint density at radius 3 is 2.96 bits per heavy atom. The number of imidazole rings is 1. The van der Waals surface area contributed by atoms with E-state index in [0.29, 0.717) is 12.5 Å². The summed E-state index contributed by atoms with van der Waals surface area (Å²) in [5.74, 6) is -0.0791. The van der Waals surface area contributed by atoms with Crippen molar-refractivity contribution in [2.24, 2.45) is 0 Å². The third kappa shape index (κ3) is 3.10. The topological polar surface area (TPSA) is 58.7 Å². The van der Waals surface area contributed by atoms with E-state index in [1.165, 1.54) is 12.3 Å². The number of anilines is 1. The Morgan fingerprint density at radius 2 is 2.11 bits per heavy atom. The van der Waals surface area contributed by atoms with Crippen LogP contribution in [0.2, 0.25) is 0 Å². The SMILES string of the molecule is O=C1CCCN1c1cnn(C2CCN(Cc3cn4cc(F)ccc4n3)C2)c1. The second-order valence-electron chi connectivity index (χ2n) is 7.35. The van der Waals surface area contributed by atoms with Gasteiger partial charge in [-0.25, -0.2) is 9.37 Å². The van der Waals surface area contributed by atoms with Crippen LogP contribution in [0.3, 0.4) is 0 Å². The fourth-order valence-corrected chi connectivity index (χ4v) is 4.08. The molecular weight excluding hydrogens is 347 g/mol. The van der Waals surface area contributed by atoms with Gasteiger partial charge in [-0.1, -0.05) is 0 Å². The molecule has 8 heteroatoms. The molecule has 0 aromatic carbocycles. The summed E-state index contributed by atoms with van der Waals surface area (Å²) in [6.45, 7) is 3.37. The fourth-order valence-electron chi connectivity index (χ4n) is 4.08. The molecule has 2 saturated heterocycles. The van der Waals surface area contributed by atoms with Crippen LogP contribution in [-0.2, 0) is 11.3 Å². The van der Waals surface area contributed by atoms with Crippen LogP contribution < -0.4 is 4.90 Å². The Balaban J connectivity index is 1.25. The zero-order valence-electron chi connectivity index (χ0n) is 15.0. The monoisotopic (exact) mass is 368 g/mol. The third-order valence-corrected chi connectivity index (χ3v) is 5.45. The fraction of sp³-hybridized carbons (Fsp3) is 0.421. The lowest BCUT2D eigenvalue weighted by Crippen LogP contribution is -2.23. The van der Waals surface area contributed by atoms with E-state index in [2.05, 4.69) is 15.0 Å². The first kappa shape index (κ1) is 16.4. The number of likely N-dealkylation sites (tertiary alicyclic amines) is 1. The highest BCUT2D eigenvalue weighted by Gasteiger charge is 2.27. The number of nitrogens with zero attached hydrogens (tertiary/aromatic N) is 6. The molecule has 0 radical (unpaired) electrons. The van der Waals surface area contributed by atoms with Crippen LogP contribution in [0, 0.1) is 5.82 Å². The van der Waals surface area contributed by atoms with Crippen molar-refractivity contribution < 1.29 is 9.18 Å². The van der Waals surface area contributed by atoms with Crippen LogP contribution in [-0.4, -0.2) is 49.6 Å². The number of rotatable bonds is 4. The van der Waals surface area contributed by atoms with Crippen LogP contribution in [0.25, 0.3) is 5.65 Å². The number of hydrogen-bond donors (Lipinski definition) is 0. The lowest BCUT2D eigenvalue weighted by molar-refractivity contribution is -0.117. The summed E-state index contributed by atoms with van der Waals surface area (Å²) < 4.78 is 17.0. The molecule has 3 aromatic heterocycles. The van der Waals surface area contributed by atoms with Gasteiger partial charge < -0.3 is 9.30 Å². The molecule has 5 heterocycles. The van der Waals surface area contributed by atoms with Gasteiger partial charge in [-0.05, 0) is 25.0 Å². The summed E-state index contributed by atoms with van der Waals surface area (Å²) in [6, 6.07) is 3.42. The number of hydrogen-bond acceptors (Lipinski definition) is 4. The zero-order chi connectivity index (χ0) is 18.4. The van der Waals surface area contributed by atoms with Gasteiger partial charge in [0.25, 0.3) is 0 Å². The molecule has 0 N–H and O–H groups in total. The Morgan fingerprint density at radius 1 is 1.19 bits per heavy atom. The molecule has 2 aliphatic rings. The first-order valence-corrected chi connectivity index (χ1v) is 9.36. The van der Waals surface area contributed by atoms with Crippen LogP contribution in [0.5, 0.6) is 0 Å². The molecular formula is C19H21FN6O. The molecule has 27 heavy (non-hydrogen) atoms. The Bertz CT molecular complexity index is 995. The highest BCUT2D eigenvalue weighted by atomic mass is 19.1. The van der Waals surface area contributed by atoms with Gasteiger partial charge in [-0.15, -0.1) is 0 Å². The van der Waals surface area contributed by atoms with Gasteiger partial charge in [0.05, 0.1) is 23.6 Å². The summed E-state index contributed by atoms with van der Waals surface area (Å²) in [5, 5.41) is 4.50. The summed E-state index contributed by atoms with van der Waals surface area (Å²) >= 11 is 0. The molecule has 0 bridgehead atoms. The average molecular weight is 368 g/mol. The first-order chi connectivity index (χ1) is 13.2. The van der Waals surface area contributed by atoms with Gasteiger partial charge in [0.2, 0.25) is 5.91 Å². The van der Waals surface area contributed by atoms with Crippen molar-refractivity contribution in [1.29, 1.82) is 0 Å². The van der Waals surface area contributed by atoms with E-state index in [0.717, 1.165) is 56.0 Å². The zero-order valence-corrected chi connectivity index (χ0v) is 15.0. The summed E-state index contributed by atoms with van der Waals surface area (Å²) in [5.41, 5.74) is 2.59. The van der Waals surface area contributed by atoms with E-state index in [1.54, 1.807) is 16.7 Å². The number of amides is 1. The van der Waals surface area contributed by atoms with Gasteiger partial charge in [-0.2, -0.15) is 5.10 Å². The highest BCUT2D eigenvalue weighted by Crippen LogP contribution is 2.26. The molecule has 0 saturated carbocycles. The number of carbonyl (C=O) groups excluding carboxylic acids is 1. The number of halogens is 1. The van der Waals surface area contributed by atoms with E-state index < -0.39 is 0 Å². The van der Waals surface area contributed by atoms with Crippen molar-refractivity contribution >= 4 is 17.2 Å². The molecule has 1 atom stereocenters. The highest BCUT2D eigenvalue weighted by molar-refractivity contribution is 5.95. The van der Waals surface area contributed by atoms with Crippen molar-refractivity contribution in [3.05, 3.63) is 48.4 Å². The lowest BCUT2D eigenvalue weighted by atomic mass is 10.3. The number of aromatic nitrogens is 4. The lowest BCUT2D eigenvalue weighted by Gasteiger charge is -2.15. The van der Waals surface area contributed by atoms with Crippen LogP contribution in [0.1, 0.15) is 31.0 Å². The molecule has 140 valence electrons. The third-order valence-electron chi connectivity index (χ3n) is 5.45. The van der Waals surface area contributed by atoms with Crippen molar-refractivity contribution in [2.45, 2.75) is 31.8 Å². The minimum absolute atomic E-state index is 0.186. The summed E-state index contributed by atoms with van der Waals surface area (Å²) in [7, 11) is 0. The molecule has 1 unspecified atom stereocenters. The van der Waals surface area contributed by atoms with Crippen LogP contribution >= 0.6 is 0 Å². The van der Waals surface area contributed by atoms with Crippen molar-refractivity contribution in [1.82, 2.24) is 24.1 Å². The minimum Gasteiger partial charge on any atom is -0.309 e. The van der Waals surface area contributed by atoms with E-state index in [1.807, 2.05) is 22.0 Å². The van der Waals surface area contributed by atoms with Gasteiger partial charge in [0.15, 0.2) is 0 Å². The number of pyridine rings is 1. The molecule has 0 aliphatic carbocycles. The van der Waals surface area contributed by atoms with Gasteiger partial charge >= 0.3 is 0 Å². The van der Waals surface area contributed by atoms with Crippen LogP contribution in [0.15, 0.2) is 36.9 Å². The Labute approximate surface area is 156 Å². The second-order valence-corrected chi connectivity index (χ2v) is 7.35. The maximum absolute atomic E-state index is 13.3. The van der Waals surface area contributed by atoms with Gasteiger partial charge in [0, 0.05) is 51.2 Å². The van der Waals surface area contributed by atoms with Gasteiger partial charge in [0.1, 0.15) is 11.5 Å². The Kier molecular flexibility index (Phi) is 3.93. The maximum atomic E-state index is 13.3. The largest absolute Gasteiger partial charge is 0.309 e. The smallest absolute Gasteiger partial charge is 0.227 e.